The molecule has 0 spiro atoms. The molecule has 1 aliphatic rings. The van der Waals surface area contributed by atoms with Gasteiger partial charge in [-0.2, -0.15) is 5.10 Å². The van der Waals surface area contributed by atoms with E-state index in [2.05, 4.69) is 24.6 Å². The molecular formula is C16H17N7O. The molecule has 8 heteroatoms. The summed E-state index contributed by atoms with van der Waals surface area (Å²) >= 11 is 0. The molecule has 0 fully saturated rings. The van der Waals surface area contributed by atoms with Gasteiger partial charge in [0.2, 0.25) is 0 Å². The molecule has 3 aromatic rings. The summed E-state index contributed by atoms with van der Waals surface area (Å²) in [6, 6.07) is 1.87. The first-order valence-electron chi connectivity index (χ1n) is 7.77. The van der Waals surface area contributed by atoms with E-state index in [1.54, 1.807) is 23.4 Å². The Morgan fingerprint density at radius 2 is 2.17 bits per heavy atom. The molecule has 4 heterocycles. The van der Waals surface area contributed by atoms with E-state index in [0.29, 0.717) is 25.2 Å². The Morgan fingerprint density at radius 1 is 1.25 bits per heavy atom. The second kappa shape index (κ2) is 5.88. The van der Waals surface area contributed by atoms with Crippen LogP contribution in [0.25, 0.3) is 0 Å². The monoisotopic (exact) mass is 323 g/mol. The zero-order valence-electron chi connectivity index (χ0n) is 13.3. The van der Waals surface area contributed by atoms with Gasteiger partial charge in [0.25, 0.3) is 5.91 Å². The van der Waals surface area contributed by atoms with Gasteiger partial charge >= 0.3 is 0 Å². The summed E-state index contributed by atoms with van der Waals surface area (Å²) in [7, 11) is 0. The summed E-state index contributed by atoms with van der Waals surface area (Å²) in [5, 5.41) is 4.09. The Bertz CT molecular complexity index is 868. The van der Waals surface area contributed by atoms with Gasteiger partial charge in [-0.1, -0.05) is 0 Å². The number of imidazole rings is 1. The van der Waals surface area contributed by atoms with Crippen LogP contribution in [0.3, 0.4) is 0 Å². The van der Waals surface area contributed by atoms with Crippen molar-refractivity contribution in [3.63, 3.8) is 0 Å². The summed E-state index contributed by atoms with van der Waals surface area (Å²) in [4.78, 5) is 27.1. The van der Waals surface area contributed by atoms with Crippen molar-refractivity contribution in [1.82, 2.24) is 34.2 Å². The highest BCUT2D eigenvalue weighted by Gasteiger charge is 2.23. The minimum Gasteiger partial charge on any atom is -0.331 e. The van der Waals surface area contributed by atoms with Crippen LogP contribution in [0.4, 0.5) is 0 Å². The van der Waals surface area contributed by atoms with E-state index in [9.17, 15) is 4.79 Å². The van der Waals surface area contributed by atoms with Crippen molar-refractivity contribution in [2.24, 2.45) is 0 Å². The van der Waals surface area contributed by atoms with E-state index in [-0.39, 0.29) is 5.91 Å². The first-order chi connectivity index (χ1) is 11.7. The fourth-order valence-electron chi connectivity index (χ4n) is 2.90. The van der Waals surface area contributed by atoms with Crippen LogP contribution in [0.2, 0.25) is 0 Å². The van der Waals surface area contributed by atoms with Crippen molar-refractivity contribution in [1.29, 1.82) is 0 Å². The molecule has 0 saturated carbocycles. The first-order valence-corrected chi connectivity index (χ1v) is 7.77. The molecule has 1 amide bonds. The maximum Gasteiger partial charge on any atom is 0.255 e. The lowest BCUT2D eigenvalue weighted by Gasteiger charge is -2.27. The highest BCUT2D eigenvalue weighted by Crippen LogP contribution is 2.16. The normalized spacial score (nSPS) is 13.8. The average molecular weight is 323 g/mol. The van der Waals surface area contributed by atoms with Crippen LogP contribution < -0.4 is 0 Å². The Morgan fingerprint density at radius 3 is 2.96 bits per heavy atom. The van der Waals surface area contributed by atoms with Gasteiger partial charge in [0.15, 0.2) is 0 Å². The molecule has 0 N–H and O–H groups in total. The Labute approximate surface area is 138 Å². The number of fused-ring (bicyclic) bond motifs is 1. The second-order valence-corrected chi connectivity index (χ2v) is 5.91. The average Bonchev–Trinajstić information content (AvgIpc) is 3.22. The zero-order valence-corrected chi connectivity index (χ0v) is 13.3. The lowest BCUT2D eigenvalue weighted by Crippen LogP contribution is -2.38. The fourth-order valence-corrected chi connectivity index (χ4v) is 2.90. The summed E-state index contributed by atoms with van der Waals surface area (Å²) in [5.41, 5.74) is 2.52. The van der Waals surface area contributed by atoms with Crippen LogP contribution in [-0.2, 0) is 19.6 Å². The van der Waals surface area contributed by atoms with Gasteiger partial charge in [-0.15, -0.1) is 0 Å². The minimum atomic E-state index is -0.00160. The summed E-state index contributed by atoms with van der Waals surface area (Å²) in [5.74, 6) is 0.892. The predicted molar refractivity (Wildman–Crippen MR) is 85.1 cm³/mol. The highest BCUT2D eigenvalue weighted by molar-refractivity contribution is 5.94. The Hall–Kier alpha value is -3.03. The van der Waals surface area contributed by atoms with Crippen LogP contribution in [-0.4, -0.2) is 46.7 Å². The molecule has 122 valence electrons. The molecule has 1 aliphatic heterocycles. The Balaban J connectivity index is 1.51. The quantitative estimate of drug-likeness (QED) is 0.715. The van der Waals surface area contributed by atoms with Crippen LogP contribution in [0.15, 0.2) is 37.3 Å². The minimum absolute atomic E-state index is 0.00160. The number of aryl methyl sites for hydroxylation is 1. The second-order valence-electron chi connectivity index (χ2n) is 5.91. The van der Waals surface area contributed by atoms with Gasteiger partial charge in [-0.3, -0.25) is 9.78 Å². The van der Waals surface area contributed by atoms with Gasteiger partial charge in [-0.25, -0.2) is 14.6 Å². The number of pyridine rings is 1. The summed E-state index contributed by atoms with van der Waals surface area (Å²) in [6.45, 7) is 4.42. The third-order valence-corrected chi connectivity index (χ3v) is 4.05. The van der Waals surface area contributed by atoms with Gasteiger partial charge < -0.3 is 9.47 Å². The third-order valence-electron chi connectivity index (χ3n) is 4.05. The molecule has 8 nitrogen and oxygen atoms in total. The van der Waals surface area contributed by atoms with Crippen molar-refractivity contribution in [2.45, 2.75) is 26.6 Å². The SMILES string of the molecule is Cc1cncc(C(=O)N2CCn3cc(Cn4cncn4)nc3C2)c1. The first kappa shape index (κ1) is 14.6. The highest BCUT2D eigenvalue weighted by atomic mass is 16.2. The van der Waals surface area contributed by atoms with E-state index in [1.807, 2.05) is 24.1 Å². The van der Waals surface area contributed by atoms with E-state index in [4.69, 9.17) is 0 Å². The standard InChI is InChI=1S/C16H17N7O/c1-12-4-13(6-17-5-12)16(24)22-3-2-21-7-14(20-15(21)9-22)8-23-11-18-10-19-23/h4-7,10-11H,2-3,8-9H2,1H3. The smallest absolute Gasteiger partial charge is 0.255 e. The molecule has 4 rings (SSSR count). The number of hydrogen-bond acceptors (Lipinski definition) is 5. The van der Waals surface area contributed by atoms with Crippen LogP contribution in [0.5, 0.6) is 0 Å². The maximum absolute atomic E-state index is 12.7. The number of carbonyl (C=O) groups is 1. The molecule has 0 aromatic carbocycles. The lowest BCUT2D eigenvalue weighted by atomic mass is 10.2. The molecule has 24 heavy (non-hydrogen) atoms. The predicted octanol–water partition coefficient (Wildman–Crippen LogP) is 0.882. The van der Waals surface area contributed by atoms with Crippen LogP contribution in [0, 0.1) is 6.92 Å². The number of carbonyl (C=O) groups excluding carboxylic acids is 1. The molecule has 0 radical (unpaired) electrons. The van der Waals surface area contributed by atoms with Gasteiger partial charge in [-0.05, 0) is 18.6 Å². The molecule has 0 saturated heterocycles. The topological polar surface area (TPSA) is 81.7 Å². The van der Waals surface area contributed by atoms with Crippen LogP contribution >= 0.6 is 0 Å². The maximum atomic E-state index is 12.7. The van der Waals surface area contributed by atoms with Crippen molar-refractivity contribution in [2.75, 3.05) is 6.54 Å². The van der Waals surface area contributed by atoms with E-state index < -0.39 is 0 Å². The van der Waals surface area contributed by atoms with E-state index >= 15 is 0 Å². The van der Waals surface area contributed by atoms with Crippen LogP contribution in [0.1, 0.15) is 27.4 Å². The molecule has 3 aromatic heterocycles. The number of nitrogens with zero attached hydrogens (tertiary/aromatic N) is 7. The number of hydrogen-bond donors (Lipinski definition) is 0. The van der Waals surface area contributed by atoms with E-state index in [0.717, 1.165) is 23.6 Å². The van der Waals surface area contributed by atoms with Gasteiger partial charge in [0, 0.05) is 31.7 Å². The molecule has 0 atom stereocenters. The van der Waals surface area contributed by atoms with E-state index in [1.165, 1.54) is 6.33 Å². The fraction of sp³-hybridized carbons (Fsp3) is 0.312. The Kier molecular flexibility index (Phi) is 3.56. The molecule has 0 aliphatic carbocycles. The zero-order chi connectivity index (χ0) is 16.5. The number of rotatable bonds is 3. The number of aromatic nitrogens is 6. The third kappa shape index (κ3) is 2.78. The van der Waals surface area contributed by atoms with Crippen molar-refractivity contribution >= 4 is 5.91 Å². The van der Waals surface area contributed by atoms with Crippen molar-refractivity contribution in [3.05, 3.63) is 60.0 Å². The van der Waals surface area contributed by atoms with Gasteiger partial charge in [0.05, 0.1) is 24.3 Å². The molecular weight excluding hydrogens is 306 g/mol. The lowest BCUT2D eigenvalue weighted by molar-refractivity contribution is 0.0707. The largest absolute Gasteiger partial charge is 0.331 e. The summed E-state index contributed by atoms with van der Waals surface area (Å²) < 4.78 is 3.83. The van der Waals surface area contributed by atoms with Gasteiger partial charge in [0.1, 0.15) is 18.5 Å². The number of amides is 1. The van der Waals surface area contributed by atoms with Crippen molar-refractivity contribution in [3.8, 4) is 0 Å². The molecule has 0 bridgehead atoms. The summed E-state index contributed by atoms with van der Waals surface area (Å²) in [6.07, 6.45) is 8.56. The van der Waals surface area contributed by atoms with Crippen molar-refractivity contribution < 1.29 is 4.79 Å². The molecule has 0 unspecified atom stereocenters.